The molecule has 16 heteroatoms. The Labute approximate surface area is 462 Å². The van der Waals surface area contributed by atoms with Crippen molar-refractivity contribution in [2.24, 2.45) is 11.7 Å². The van der Waals surface area contributed by atoms with Crippen LogP contribution < -0.4 is 27.4 Å². The number of halogens is 4. The minimum absolute atomic E-state index is 0.0872. The Morgan fingerprint density at radius 3 is 1.63 bits per heavy atom. The Morgan fingerprint density at radius 2 is 1.10 bits per heavy atom. The number of hydrogen-bond acceptors (Lipinski definition) is 10. The number of nitrogens with two attached hydrogens (primary N) is 2. The highest BCUT2D eigenvalue weighted by Gasteiger charge is 2.23. The molecule has 12 nitrogen and oxygen atoms in total. The number of fused-ring (bicyclic) bond motifs is 3. The van der Waals surface area contributed by atoms with Gasteiger partial charge in [-0.2, -0.15) is 0 Å². The Hall–Kier alpha value is -7.14. The Bertz CT molecular complexity index is 2980. The van der Waals surface area contributed by atoms with Crippen LogP contribution in [0.15, 0.2) is 140 Å². The summed E-state index contributed by atoms with van der Waals surface area (Å²) in [5.41, 5.74) is 14.4. The van der Waals surface area contributed by atoms with Crippen molar-refractivity contribution in [2.75, 3.05) is 61.9 Å². The van der Waals surface area contributed by atoms with Gasteiger partial charge in [0.2, 0.25) is 5.91 Å². The number of aryl methyl sites for hydroxylation is 4. The number of Topliss-reactive ketones (excluding diaryl/α,β-unsaturated/α-hetero) is 3. The number of alkyl halides is 1. The minimum atomic E-state index is -0.324. The SMILES string of the molecule is CN1CCC(=O)CC1.Cc1ccc(N(N)CCC(=O)Cc2ccc(F)cc2)cc1.Cc1ccc(NN)cc1.Cc1ccc2c(c1)c1c(n2CCC(=O)Cc2ccc(F)cc2)CCN(C)C1.O=C(CCCl)Nc1ccc(F)cc1. The van der Waals surface area contributed by atoms with Crippen molar-refractivity contribution in [1.82, 2.24) is 14.4 Å². The van der Waals surface area contributed by atoms with Crippen molar-refractivity contribution in [3.8, 4) is 0 Å². The predicted octanol–water partition coefficient (Wildman–Crippen LogP) is 11.2. The van der Waals surface area contributed by atoms with Crippen LogP contribution in [0.3, 0.4) is 0 Å². The quantitative estimate of drug-likeness (QED) is 0.0442. The number of aromatic nitrogens is 1. The number of nitrogens with zero attached hydrogens (tertiary/aromatic N) is 4. The molecule has 0 spiro atoms. The molecule has 3 heterocycles. The molecule has 414 valence electrons. The molecule has 0 atom stereocenters. The van der Waals surface area contributed by atoms with Gasteiger partial charge in [-0.25, -0.2) is 19.0 Å². The van der Waals surface area contributed by atoms with Crippen LogP contribution in [0.2, 0.25) is 0 Å². The summed E-state index contributed by atoms with van der Waals surface area (Å²) in [5, 5.41) is 5.47. The second-order valence-electron chi connectivity index (χ2n) is 19.6. The van der Waals surface area contributed by atoms with Gasteiger partial charge in [0.15, 0.2) is 0 Å². The van der Waals surface area contributed by atoms with Crippen LogP contribution in [-0.2, 0) is 51.5 Å². The molecule has 6 N–H and O–H groups in total. The first-order valence-electron chi connectivity index (χ1n) is 26.1. The molecule has 9 rings (SSSR count). The molecular formula is C62H74ClF3N8O4. The summed E-state index contributed by atoms with van der Waals surface area (Å²) in [6.45, 7) is 11.3. The largest absolute Gasteiger partial charge is 0.344 e. The second kappa shape index (κ2) is 31.9. The Morgan fingerprint density at radius 1 is 0.615 bits per heavy atom. The van der Waals surface area contributed by atoms with Crippen LogP contribution in [-0.4, -0.2) is 83.8 Å². The number of carbonyl (C=O) groups is 4. The highest BCUT2D eigenvalue weighted by atomic mass is 35.5. The monoisotopic (exact) mass is 1090 g/mol. The molecule has 0 radical (unpaired) electrons. The third-order valence-electron chi connectivity index (χ3n) is 13.1. The highest BCUT2D eigenvalue weighted by molar-refractivity contribution is 6.19. The summed E-state index contributed by atoms with van der Waals surface area (Å²) in [7, 11) is 4.21. The van der Waals surface area contributed by atoms with Crippen LogP contribution in [0.4, 0.5) is 30.2 Å². The standard InChI is InChI=1S/C23H25FN2O.C17H19FN2O.C9H9ClFNO.C7H10N2.C6H11NO/c1-16-3-8-22-20(13-16)21-15-25(2)11-10-23(21)26(22)12-9-19(27)14-17-4-6-18(24)7-5-17;1-13-2-8-16(9-3-13)20(19)11-10-17(21)12-14-4-6-15(18)7-5-14;10-6-5-9(13)12-8-3-1-7(11)2-4-8;1-6-2-4-7(9-8)5-3-6;1-7-4-2-6(8)3-5-7/h3-8,13H,9-12,14-15H2,1-2H3;2-9H,10-12,19H2,1H3;1-4H,5-6H2,(H,12,13);2-5,9H,8H2,1H3;2-5H2,1H3. The average Bonchev–Trinajstić information content (AvgIpc) is 3.74. The van der Waals surface area contributed by atoms with E-state index in [1.54, 1.807) is 29.3 Å². The van der Waals surface area contributed by atoms with Crippen molar-refractivity contribution in [3.05, 3.63) is 196 Å². The molecule has 0 saturated carbocycles. The number of hydrazine groups is 2. The van der Waals surface area contributed by atoms with Crippen molar-refractivity contribution in [1.29, 1.82) is 0 Å². The molecule has 1 amide bonds. The van der Waals surface area contributed by atoms with E-state index in [1.807, 2.05) is 69.4 Å². The van der Waals surface area contributed by atoms with E-state index in [9.17, 15) is 32.3 Å². The highest BCUT2D eigenvalue weighted by Crippen LogP contribution is 2.32. The first kappa shape index (κ1) is 61.7. The number of anilines is 3. The zero-order valence-electron chi connectivity index (χ0n) is 45.5. The van der Waals surface area contributed by atoms with Crippen molar-refractivity contribution in [2.45, 2.75) is 85.2 Å². The average molecular weight is 1090 g/mol. The fourth-order valence-corrected chi connectivity index (χ4v) is 8.67. The van der Waals surface area contributed by atoms with E-state index in [2.05, 4.69) is 57.3 Å². The van der Waals surface area contributed by atoms with E-state index >= 15 is 0 Å². The number of likely N-dealkylation sites (tertiary alicyclic amines) is 1. The van der Waals surface area contributed by atoms with Gasteiger partial charge in [0.1, 0.15) is 34.8 Å². The first-order chi connectivity index (χ1) is 37.4. The van der Waals surface area contributed by atoms with E-state index in [0.717, 1.165) is 67.9 Å². The van der Waals surface area contributed by atoms with Gasteiger partial charge in [0, 0.05) is 124 Å². The lowest BCUT2D eigenvalue weighted by Crippen LogP contribution is -2.33. The maximum Gasteiger partial charge on any atom is 0.225 e. The molecule has 1 saturated heterocycles. The number of nitrogens with one attached hydrogen (secondary N) is 2. The van der Waals surface area contributed by atoms with Gasteiger partial charge in [0.05, 0.1) is 5.69 Å². The molecule has 0 aliphatic carbocycles. The molecule has 6 aromatic carbocycles. The molecule has 0 bridgehead atoms. The molecule has 1 aromatic heterocycles. The first-order valence-corrected chi connectivity index (χ1v) is 26.7. The third-order valence-corrected chi connectivity index (χ3v) is 13.2. The molecular weight excluding hydrogens is 1010 g/mol. The van der Waals surface area contributed by atoms with Crippen LogP contribution >= 0.6 is 11.6 Å². The van der Waals surface area contributed by atoms with Crippen LogP contribution in [0.25, 0.3) is 10.9 Å². The summed E-state index contributed by atoms with van der Waals surface area (Å²) in [6, 6.07) is 40.1. The van der Waals surface area contributed by atoms with Gasteiger partial charge in [-0.3, -0.25) is 25.0 Å². The number of ketones is 3. The predicted molar refractivity (Wildman–Crippen MR) is 310 cm³/mol. The van der Waals surface area contributed by atoms with Gasteiger partial charge < -0.3 is 30.1 Å². The maximum atomic E-state index is 13.0. The third kappa shape index (κ3) is 21.4. The fraction of sp³-hybridized carbons (Fsp3) is 0.323. The van der Waals surface area contributed by atoms with Crippen LogP contribution in [0.1, 0.15) is 71.2 Å². The van der Waals surface area contributed by atoms with E-state index in [1.165, 1.54) is 87.4 Å². The summed E-state index contributed by atoms with van der Waals surface area (Å²) < 4.78 is 40.6. The van der Waals surface area contributed by atoms with Crippen molar-refractivity contribution < 1.29 is 32.3 Å². The zero-order valence-corrected chi connectivity index (χ0v) is 46.2. The lowest BCUT2D eigenvalue weighted by molar-refractivity contribution is -0.121. The lowest BCUT2D eigenvalue weighted by atomic mass is 10.0. The molecule has 2 aliphatic rings. The number of rotatable bonds is 15. The van der Waals surface area contributed by atoms with E-state index in [-0.39, 0.29) is 47.2 Å². The Balaban J connectivity index is 0.000000194. The minimum Gasteiger partial charge on any atom is -0.344 e. The molecule has 1 fully saturated rings. The fourth-order valence-electron chi connectivity index (χ4n) is 8.50. The number of hydrogen-bond donors (Lipinski definition) is 4. The lowest BCUT2D eigenvalue weighted by Gasteiger charge is -2.24. The zero-order chi connectivity index (χ0) is 56.6. The van der Waals surface area contributed by atoms with Crippen LogP contribution in [0, 0.1) is 38.2 Å². The maximum absolute atomic E-state index is 13.0. The van der Waals surface area contributed by atoms with E-state index in [4.69, 9.17) is 23.3 Å². The molecule has 78 heavy (non-hydrogen) atoms. The van der Waals surface area contributed by atoms with E-state index in [0.29, 0.717) is 50.2 Å². The van der Waals surface area contributed by atoms with Crippen molar-refractivity contribution in [3.63, 3.8) is 0 Å². The number of carbonyl (C=O) groups excluding carboxylic acids is 4. The summed E-state index contributed by atoms with van der Waals surface area (Å²) in [6.07, 6.45) is 4.34. The number of nitrogen functional groups attached to an aromatic ring is 1. The van der Waals surface area contributed by atoms with Gasteiger partial charge >= 0.3 is 0 Å². The molecule has 2 aliphatic heterocycles. The van der Waals surface area contributed by atoms with Crippen LogP contribution in [0.5, 0.6) is 0 Å². The summed E-state index contributed by atoms with van der Waals surface area (Å²) in [5.74, 6) is 11.0. The van der Waals surface area contributed by atoms with Gasteiger partial charge in [0.25, 0.3) is 0 Å². The van der Waals surface area contributed by atoms with Gasteiger partial charge in [-0.1, -0.05) is 71.3 Å². The second-order valence-corrected chi connectivity index (χ2v) is 20.0. The summed E-state index contributed by atoms with van der Waals surface area (Å²) in [4.78, 5) is 50.5. The molecule has 7 aromatic rings. The van der Waals surface area contributed by atoms with Crippen molar-refractivity contribution >= 4 is 62.8 Å². The van der Waals surface area contributed by atoms with E-state index < -0.39 is 0 Å². The Kier molecular flexibility index (Phi) is 25.3. The number of amides is 1. The normalized spacial score (nSPS) is 12.9. The molecule has 0 unspecified atom stereocenters. The number of piperidine rings is 1. The number of benzene rings is 6. The van der Waals surface area contributed by atoms with Gasteiger partial charge in [-0.15, -0.1) is 11.6 Å². The topological polar surface area (TPSA) is 159 Å². The van der Waals surface area contributed by atoms with Gasteiger partial charge in [-0.05, 0) is 136 Å². The number of likely N-dealkylation sites (N-methyl/N-ethyl adjacent to an activating group) is 1. The smallest absolute Gasteiger partial charge is 0.225 e. The summed E-state index contributed by atoms with van der Waals surface area (Å²) >= 11 is 5.37.